The van der Waals surface area contributed by atoms with Crippen LogP contribution in [0.2, 0.25) is 0 Å². The second-order valence-corrected chi connectivity index (χ2v) is 24.8. The van der Waals surface area contributed by atoms with Crippen molar-refractivity contribution in [3.8, 4) is 0 Å². The first kappa shape index (κ1) is 80.1. The third-order valence-electron chi connectivity index (χ3n) is 16.5. The van der Waals surface area contributed by atoms with Gasteiger partial charge in [-0.15, -0.1) is 0 Å². The lowest BCUT2D eigenvalue weighted by molar-refractivity contribution is -0.167. The molecule has 0 bridgehead atoms. The van der Waals surface area contributed by atoms with Crippen LogP contribution in [0, 0.1) is 0 Å². The molecule has 0 aromatic rings. The monoisotopic (exact) mass is 1160 g/mol. The molecule has 0 aromatic carbocycles. The standard InChI is InChI=1S/C77H140O6/c1-4-7-10-13-16-19-21-23-25-27-29-31-33-35-36-37-38-39-40-42-43-45-47-49-51-53-55-58-61-64-67-70-76(79)82-73-74(72-81-75(78)69-66-63-60-57-18-15-12-9-6-3)83-77(80)71-68-65-62-59-56-54-52-50-48-46-44-41-34-32-30-28-26-24-22-20-17-14-11-8-5-2/h8,11,17,20,24,26,30,32,41,44,74H,4-7,9-10,12-16,18-19,21-23,25,27-29,31,33-40,42-43,45-73H2,1-3H3/b11-8-,20-17-,26-24-,32-30-,44-41-. The van der Waals surface area contributed by atoms with E-state index >= 15 is 0 Å². The minimum atomic E-state index is -0.775. The predicted octanol–water partition coefficient (Wildman–Crippen LogP) is 25.5. The Morgan fingerprint density at radius 1 is 0.253 bits per heavy atom. The van der Waals surface area contributed by atoms with Crippen LogP contribution in [0.15, 0.2) is 60.8 Å². The van der Waals surface area contributed by atoms with Crippen molar-refractivity contribution in [3.63, 3.8) is 0 Å². The number of unbranched alkanes of at least 4 members (excludes halogenated alkanes) is 47. The molecule has 0 saturated carbocycles. The van der Waals surface area contributed by atoms with E-state index < -0.39 is 6.10 Å². The molecule has 0 radical (unpaired) electrons. The van der Waals surface area contributed by atoms with Crippen molar-refractivity contribution >= 4 is 17.9 Å². The van der Waals surface area contributed by atoms with Gasteiger partial charge < -0.3 is 14.2 Å². The summed E-state index contributed by atoms with van der Waals surface area (Å²) >= 11 is 0. The van der Waals surface area contributed by atoms with Crippen LogP contribution < -0.4 is 0 Å². The highest BCUT2D eigenvalue weighted by Crippen LogP contribution is 2.19. The summed E-state index contributed by atoms with van der Waals surface area (Å²) in [6, 6.07) is 0. The quantitative estimate of drug-likeness (QED) is 0.0261. The molecule has 0 heterocycles. The highest BCUT2D eigenvalue weighted by atomic mass is 16.6. The first-order chi connectivity index (χ1) is 41.0. The molecule has 0 aliphatic carbocycles. The zero-order chi connectivity index (χ0) is 59.9. The summed E-state index contributed by atoms with van der Waals surface area (Å²) in [5, 5.41) is 0. The Bertz CT molecular complexity index is 1470. The van der Waals surface area contributed by atoms with Gasteiger partial charge in [0.25, 0.3) is 0 Å². The smallest absolute Gasteiger partial charge is 0.306 e. The van der Waals surface area contributed by atoms with Gasteiger partial charge in [0.2, 0.25) is 0 Å². The summed E-state index contributed by atoms with van der Waals surface area (Å²) in [7, 11) is 0. The molecule has 484 valence electrons. The fraction of sp³-hybridized carbons (Fsp3) is 0.831. The fourth-order valence-corrected chi connectivity index (χ4v) is 11.1. The Labute approximate surface area is 517 Å². The molecule has 0 fully saturated rings. The number of ether oxygens (including phenoxy) is 3. The van der Waals surface area contributed by atoms with Crippen molar-refractivity contribution in [3.05, 3.63) is 60.8 Å². The van der Waals surface area contributed by atoms with Crippen LogP contribution in [0.5, 0.6) is 0 Å². The number of carbonyl (C=O) groups is 3. The van der Waals surface area contributed by atoms with E-state index in [1.165, 1.54) is 257 Å². The van der Waals surface area contributed by atoms with Crippen molar-refractivity contribution in [1.29, 1.82) is 0 Å². The molecule has 6 nitrogen and oxygen atoms in total. The van der Waals surface area contributed by atoms with Gasteiger partial charge in [-0.05, 0) is 64.2 Å². The van der Waals surface area contributed by atoms with E-state index in [2.05, 4.69) is 81.5 Å². The minimum Gasteiger partial charge on any atom is -0.462 e. The summed E-state index contributed by atoms with van der Waals surface area (Å²) in [6.07, 6.45) is 92.9. The Morgan fingerprint density at radius 3 is 0.735 bits per heavy atom. The molecule has 0 amide bonds. The van der Waals surface area contributed by atoms with Crippen LogP contribution >= 0.6 is 0 Å². The summed E-state index contributed by atoms with van der Waals surface area (Å²) < 4.78 is 16.9. The first-order valence-electron chi connectivity index (χ1n) is 36.8. The highest BCUT2D eigenvalue weighted by molar-refractivity contribution is 5.71. The van der Waals surface area contributed by atoms with E-state index in [1.807, 2.05) is 0 Å². The van der Waals surface area contributed by atoms with Crippen molar-refractivity contribution in [2.24, 2.45) is 0 Å². The van der Waals surface area contributed by atoms with E-state index in [0.29, 0.717) is 19.3 Å². The number of rotatable bonds is 68. The second-order valence-electron chi connectivity index (χ2n) is 24.8. The molecule has 0 rings (SSSR count). The topological polar surface area (TPSA) is 78.9 Å². The van der Waals surface area contributed by atoms with Crippen molar-refractivity contribution in [2.45, 2.75) is 399 Å². The molecule has 83 heavy (non-hydrogen) atoms. The lowest BCUT2D eigenvalue weighted by Gasteiger charge is -2.18. The van der Waals surface area contributed by atoms with E-state index in [-0.39, 0.29) is 31.1 Å². The van der Waals surface area contributed by atoms with Crippen molar-refractivity contribution in [1.82, 2.24) is 0 Å². The Hall–Kier alpha value is -2.89. The van der Waals surface area contributed by atoms with E-state index in [1.54, 1.807) is 0 Å². The first-order valence-corrected chi connectivity index (χ1v) is 36.8. The molecule has 0 spiro atoms. The molecule has 0 aromatic heterocycles. The maximum absolute atomic E-state index is 12.9. The fourth-order valence-electron chi connectivity index (χ4n) is 11.1. The molecule has 0 aliphatic heterocycles. The lowest BCUT2D eigenvalue weighted by atomic mass is 10.0. The lowest BCUT2D eigenvalue weighted by Crippen LogP contribution is -2.30. The van der Waals surface area contributed by atoms with Gasteiger partial charge >= 0.3 is 17.9 Å². The van der Waals surface area contributed by atoms with E-state index in [4.69, 9.17) is 14.2 Å². The number of carbonyl (C=O) groups excluding carboxylic acids is 3. The Balaban J connectivity index is 4.08. The summed E-state index contributed by atoms with van der Waals surface area (Å²) in [6.45, 7) is 6.57. The SMILES string of the molecule is CC/C=C\C/C=C\C/C=C\C/C=C\C/C=C\CCCCCCCCCCCC(=O)OC(COC(=O)CCCCCCCCCCC)COC(=O)CCCCCCCCCCCCCCCCCCCCCCCCCCCCCCCCC. The normalized spacial score (nSPS) is 12.4. The average Bonchev–Trinajstić information content (AvgIpc) is 3.49. The van der Waals surface area contributed by atoms with Gasteiger partial charge in [-0.2, -0.15) is 0 Å². The zero-order valence-corrected chi connectivity index (χ0v) is 55.7. The van der Waals surface area contributed by atoms with Gasteiger partial charge in [0.1, 0.15) is 13.2 Å². The average molecular weight is 1160 g/mol. The molecule has 1 atom stereocenters. The van der Waals surface area contributed by atoms with Crippen LogP contribution in [0.1, 0.15) is 393 Å². The molecule has 0 saturated heterocycles. The molecule has 0 aliphatic rings. The maximum Gasteiger partial charge on any atom is 0.306 e. The maximum atomic E-state index is 12.9. The third-order valence-corrected chi connectivity index (χ3v) is 16.5. The van der Waals surface area contributed by atoms with Gasteiger partial charge in [-0.3, -0.25) is 14.4 Å². The molecular weight excluding hydrogens is 1020 g/mol. The van der Waals surface area contributed by atoms with E-state index in [9.17, 15) is 14.4 Å². The molecule has 1 unspecified atom stereocenters. The molecule has 6 heteroatoms. The van der Waals surface area contributed by atoms with Crippen LogP contribution in [0.4, 0.5) is 0 Å². The summed E-state index contributed by atoms with van der Waals surface area (Å²) in [5.74, 6) is -0.857. The predicted molar refractivity (Wildman–Crippen MR) is 362 cm³/mol. The number of hydrogen-bond acceptors (Lipinski definition) is 6. The Kier molecular flexibility index (Phi) is 69.1. The van der Waals surface area contributed by atoms with Crippen LogP contribution in [-0.4, -0.2) is 37.2 Å². The zero-order valence-electron chi connectivity index (χ0n) is 55.7. The summed E-state index contributed by atoms with van der Waals surface area (Å²) in [4.78, 5) is 38.3. The minimum absolute atomic E-state index is 0.0716. The molecule has 0 N–H and O–H groups in total. The van der Waals surface area contributed by atoms with Gasteiger partial charge in [0, 0.05) is 19.3 Å². The molecular formula is C77H140O6. The van der Waals surface area contributed by atoms with Crippen molar-refractivity contribution < 1.29 is 28.6 Å². The largest absolute Gasteiger partial charge is 0.462 e. The number of hydrogen-bond donors (Lipinski definition) is 0. The summed E-state index contributed by atoms with van der Waals surface area (Å²) in [5.41, 5.74) is 0. The number of allylic oxidation sites excluding steroid dienone is 10. The number of esters is 3. The van der Waals surface area contributed by atoms with Crippen molar-refractivity contribution in [2.75, 3.05) is 13.2 Å². The van der Waals surface area contributed by atoms with Gasteiger partial charge in [-0.1, -0.05) is 370 Å². The third kappa shape index (κ3) is 69.8. The van der Waals surface area contributed by atoms with Gasteiger partial charge in [-0.25, -0.2) is 0 Å². The van der Waals surface area contributed by atoms with E-state index in [0.717, 1.165) is 96.3 Å². The Morgan fingerprint density at radius 2 is 0.470 bits per heavy atom. The second kappa shape index (κ2) is 71.6. The van der Waals surface area contributed by atoms with Gasteiger partial charge in [0.15, 0.2) is 6.10 Å². The van der Waals surface area contributed by atoms with Crippen LogP contribution in [-0.2, 0) is 28.6 Å². The van der Waals surface area contributed by atoms with Crippen LogP contribution in [0.25, 0.3) is 0 Å². The van der Waals surface area contributed by atoms with Crippen LogP contribution in [0.3, 0.4) is 0 Å². The van der Waals surface area contributed by atoms with Gasteiger partial charge in [0.05, 0.1) is 0 Å². The highest BCUT2D eigenvalue weighted by Gasteiger charge is 2.19.